The number of carbonyl (C=O) groups is 2. The highest BCUT2D eigenvalue weighted by atomic mass is 16.5. The Balaban J connectivity index is 2.32. The van der Waals surface area contributed by atoms with Gasteiger partial charge < -0.3 is 14.8 Å². The van der Waals surface area contributed by atoms with Gasteiger partial charge in [-0.15, -0.1) is 0 Å². The van der Waals surface area contributed by atoms with Gasteiger partial charge >= 0.3 is 6.03 Å². The second kappa shape index (κ2) is 9.08. The van der Waals surface area contributed by atoms with E-state index in [1.54, 1.807) is 43.3 Å². The highest BCUT2D eigenvalue weighted by molar-refractivity contribution is 5.97. The second-order valence-corrected chi connectivity index (χ2v) is 5.23. The Bertz CT molecular complexity index is 815. The van der Waals surface area contributed by atoms with Gasteiger partial charge in [0.25, 0.3) is 5.91 Å². The molecular formula is C19H19N3O4. The minimum absolute atomic E-state index is 0.284. The van der Waals surface area contributed by atoms with E-state index in [1.165, 1.54) is 13.2 Å². The molecule has 0 unspecified atom stereocenters. The fraction of sp³-hybridized carbons (Fsp3) is 0.211. The SMILES string of the molecule is CCNC(=O)NC(=O)[C@@H](Oc1ccc(C#N)cc1OC)c1ccccc1. The van der Waals surface area contributed by atoms with Crippen LogP contribution in [0.2, 0.25) is 0 Å². The van der Waals surface area contributed by atoms with E-state index in [1.807, 2.05) is 12.1 Å². The van der Waals surface area contributed by atoms with Crippen molar-refractivity contribution in [3.05, 3.63) is 59.7 Å². The molecule has 0 heterocycles. The number of carbonyl (C=O) groups excluding carboxylic acids is 2. The molecule has 2 aromatic rings. The number of methoxy groups -OCH3 is 1. The van der Waals surface area contributed by atoms with Crippen molar-refractivity contribution in [2.75, 3.05) is 13.7 Å². The summed E-state index contributed by atoms with van der Waals surface area (Å²) < 4.78 is 11.1. The molecular weight excluding hydrogens is 334 g/mol. The highest BCUT2D eigenvalue weighted by Gasteiger charge is 2.25. The van der Waals surface area contributed by atoms with Crippen LogP contribution in [-0.2, 0) is 4.79 Å². The predicted molar refractivity (Wildman–Crippen MR) is 94.7 cm³/mol. The van der Waals surface area contributed by atoms with Crippen LogP contribution >= 0.6 is 0 Å². The first kappa shape index (κ1) is 18.8. The van der Waals surface area contributed by atoms with Crippen LogP contribution in [0.1, 0.15) is 24.2 Å². The molecule has 3 amide bonds. The number of imide groups is 1. The van der Waals surface area contributed by atoms with Gasteiger partial charge in [0.15, 0.2) is 11.5 Å². The summed E-state index contributed by atoms with van der Waals surface area (Å²) >= 11 is 0. The lowest BCUT2D eigenvalue weighted by Gasteiger charge is -2.20. The van der Waals surface area contributed by atoms with E-state index < -0.39 is 18.0 Å². The van der Waals surface area contributed by atoms with Gasteiger partial charge in [-0.1, -0.05) is 30.3 Å². The second-order valence-electron chi connectivity index (χ2n) is 5.23. The zero-order valence-electron chi connectivity index (χ0n) is 14.5. The summed E-state index contributed by atoms with van der Waals surface area (Å²) in [5, 5.41) is 13.7. The van der Waals surface area contributed by atoms with Crippen LogP contribution < -0.4 is 20.1 Å². The molecule has 2 aromatic carbocycles. The number of nitrogens with zero attached hydrogens (tertiary/aromatic N) is 1. The van der Waals surface area contributed by atoms with Crippen molar-refractivity contribution >= 4 is 11.9 Å². The van der Waals surface area contributed by atoms with Crippen molar-refractivity contribution < 1.29 is 19.1 Å². The van der Waals surface area contributed by atoms with E-state index in [0.29, 0.717) is 23.4 Å². The van der Waals surface area contributed by atoms with Gasteiger partial charge in [-0.2, -0.15) is 5.26 Å². The summed E-state index contributed by atoms with van der Waals surface area (Å²) in [7, 11) is 1.44. The van der Waals surface area contributed by atoms with Crippen LogP contribution in [0.4, 0.5) is 4.79 Å². The number of hydrogen-bond acceptors (Lipinski definition) is 5. The summed E-state index contributed by atoms with van der Waals surface area (Å²) in [6.45, 7) is 2.14. The first-order chi connectivity index (χ1) is 12.6. The number of benzene rings is 2. The largest absolute Gasteiger partial charge is 0.493 e. The van der Waals surface area contributed by atoms with E-state index in [9.17, 15) is 9.59 Å². The first-order valence-electron chi connectivity index (χ1n) is 7.97. The van der Waals surface area contributed by atoms with Crippen LogP contribution in [0.3, 0.4) is 0 Å². The minimum atomic E-state index is -1.07. The summed E-state index contributed by atoms with van der Waals surface area (Å²) in [4.78, 5) is 24.3. The molecule has 26 heavy (non-hydrogen) atoms. The number of rotatable bonds is 6. The lowest BCUT2D eigenvalue weighted by Crippen LogP contribution is -2.42. The monoisotopic (exact) mass is 353 g/mol. The van der Waals surface area contributed by atoms with E-state index in [0.717, 1.165) is 0 Å². The molecule has 0 saturated carbocycles. The number of ether oxygens (including phenoxy) is 2. The highest BCUT2D eigenvalue weighted by Crippen LogP contribution is 2.32. The Morgan fingerprint density at radius 1 is 1.15 bits per heavy atom. The fourth-order valence-corrected chi connectivity index (χ4v) is 2.24. The lowest BCUT2D eigenvalue weighted by molar-refractivity contribution is -0.127. The first-order valence-corrected chi connectivity index (χ1v) is 7.97. The van der Waals surface area contributed by atoms with Crippen molar-refractivity contribution in [2.24, 2.45) is 0 Å². The van der Waals surface area contributed by atoms with E-state index in [-0.39, 0.29) is 5.75 Å². The average Bonchev–Trinajstić information content (AvgIpc) is 2.66. The maximum Gasteiger partial charge on any atom is 0.321 e. The molecule has 0 aliphatic heterocycles. The molecule has 134 valence electrons. The third kappa shape index (κ3) is 4.74. The third-order valence-corrected chi connectivity index (χ3v) is 3.45. The quantitative estimate of drug-likeness (QED) is 0.831. The van der Waals surface area contributed by atoms with Crippen molar-refractivity contribution in [1.29, 1.82) is 5.26 Å². The average molecular weight is 353 g/mol. The number of nitriles is 1. The molecule has 0 fully saturated rings. The minimum Gasteiger partial charge on any atom is -0.493 e. The van der Waals surface area contributed by atoms with Crippen LogP contribution in [0, 0.1) is 11.3 Å². The smallest absolute Gasteiger partial charge is 0.321 e. The number of nitrogens with one attached hydrogen (secondary N) is 2. The van der Waals surface area contributed by atoms with Gasteiger partial charge in [0, 0.05) is 18.2 Å². The fourth-order valence-electron chi connectivity index (χ4n) is 2.24. The normalized spacial score (nSPS) is 11.0. The molecule has 7 nitrogen and oxygen atoms in total. The van der Waals surface area contributed by atoms with Gasteiger partial charge in [-0.05, 0) is 19.1 Å². The Morgan fingerprint density at radius 3 is 2.50 bits per heavy atom. The molecule has 0 spiro atoms. The molecule has 0 radical (unpaired) electrons. The van der Waals surface area contributed by atoms with E-state index >= 15 is 0 Å². The van der Waals surface area contributed by atoms with Gasteiger partial charge in [0.2, 0.25) is 6.10 Å². The van der Waals surface area contributed by atoms with Gasteiger partial charge in [0.1, 0.15) is 0 Å². The van der Waals surface area contributed by atoms with E-state index in [4.69, 9.17) is 14.7 Å². The van der Waals surface area contributed by atoms with Gasteiger partial charge in [0.05, 0.1) is 18.7 Å². The van der Waals surface area contributed by atoms with Crippen molar-refractivity contribution in [1.82, 2.24) is 10.6 Å². The zero-order valence-corrected chi connectivity index (χ0v) is 14.5. The Morgan fingerprint density at radius 2 is 1.88 bits per heavy atom. The van der Waals surface area contributed by atoms with Crippen molar-refractivity contribution in [3.8, 4) is 17.6 Å². The van der Waals surface area contributed by atoms with Crippen molar-refractivity contribution in [2.45, 2.75) is 13.0 Å². The Hall–Kier alpha value is -3.53. The molecule has 0 bridgehead atoms. The topological polar surface area (TPSA) is 100 Å². The summed E-state index contributed by atoms with van der Waals surface area (Å²) in [5.74, 6) is -0.0178. The predicted octanol–water partition coefficient (Wildman–Crippen LogP) is 2.53. The molecule has 2 N–H and O–H groups in total. The molecule has 0 aliphatic carbocycles. The van der Waals surface area contributed by atoms with Crippen LogP contribution in [-0.4, -0.2) is 25.6 Å². The number of urea groups is 1. The van der Waals surface area contributed by atoms with Crippen LogP contribution in [0.25, 0.3) is 0 Å². The van der Waals surface area contributed by atoms with Crippen molar-refractivity contribution in [3.63, 3.8) is 0 Å². The molecule has 0 aromatic heterocycles. The maximum absolute atomic E-state index is 12.6. The van der Waals surface area contributed by atoms with Crippen LogP contribution in [0.15, 0.2) is 48.5 Å². The number of hydrogen-bond donors (Lipinski definition) is 2. The Kier molecular flexibility index (Phi) is 6.57. The molecule has 0 saturated heterocycles. The van der Waals surface area contributed by atoms with Gasteiger partial charge in [-0.3, -0.25) is 10.1 Å². The van der Waals surface area contributed by atoms with Gasteiger partial charge in [-0.25, -0.2) is 4.79 Å². The van der Waals surface area contributed by atoms with Crippen LogP contribution in [0.5, 0.6) is 11.5 Å². The third-order valence-electron chi connectivity index (χ3n) is 3.45. The maximum atomic E-state index is 12.6. The number of amides is 3. The molecule has 2 rings (SSSR count). The van der Waals surface area contributed by atoms with E-state index in [2.05, 4.69) is 10.6 Å². The summed E-state index contributed by atoms with van der Waals surface area (Å²) in [6.07, 6.45) is -1.07. The molecule has 1 atom stereocenters. The Labute approximate surface area is 151 Å². The summed E-state index contributed by atoms with van der Waals surface area (Å²) in [5.41, 5.74) is 0.970. The molecule has 7 heteroatoms. The zero-order chi connectivity index (χ0) is 18.9. The molecule has 0 aliphatic rings. The standard InChI is InChI=1S/C19H19N3O4/c1-3-21-19(24)22-18(23)17(14-7-5-4-6-8-14)26-15-10-9-13(12-20)11-16(15)25-2/h4-11,17H,3H2,1-2H3,(H2,21,22,23,24)/t17-/m0/s1. The summed E-state index contributed by atoms with van der Waals surface area (Å²) in [6, 6.07) is 14.8. The lowest BCUT2D eigenvalue weighted by atomic mass is 10.1.